The second kappa shape index (κ2) is 6.75. The van der Waals surface area contributed by atoms with Crippen LogP contribution in [0.25, 0.3) is 20.1 Å². The number of alkyl halides is 3. The Morgan fingerprint density at radius 2 is 1.59 bits per heavy atom. The maximum atomic E-state index is 12.6. The third kappa shape index (κ3) is 3.83. The van der Waals surface area contributed by atoms with Crippen molar-refractivity contribution in [2.24, 2.45) is 10.2 Å². The van der Waals surface area contributed by atoms with Gasteiger partial charge in [-0.05, 0) is 54.6 Å². The molecule has 2 N–H and O–H groups in total. The highest BCUT2D eigenvalue weighted by atomic mass is 32.1. The summed E-state index contributed by atoms with van der Waals surface area (Å²) in [5, 5.41) is 9.64. The Morgan fingerprint density at radius 1 is 0.889 bits per heavy atom. The first-order chi connectivity index (χ1) is 12.9. The Kier molecular flexibility index (Phi) is 4.40. The molecule has 4 rings (SSSR count). The average molecular weight is 404 g/mol. The van der Waals surface area contributed by atoms with Gasteiger partial charge in [0.2, 0.25) is 0 Å². The molecule has 0 saturated carbocycles. The summed E-state index contributed by atoms with van der Waals surface area (Å²) in [5.41, 5.74) is 7.03. The summed E-state index contributed by atoms with van der Waals surface area (Å²) in [7, 11) is 0. The molecule has 9 heteroatoms. The SMILES string of the molecule is Nc1ccc(-c2nc3sc(/N=N\c4ccc(C(F)(F)F)cc4)cc3s2)cc1. The number of nitrogen functional groups attached to an aromatic ring is 1. The zero-order valence-electron chi connectivity index (χ0n) is 13.6. The number of azo groups is 1. The molecule has 4 nitrogen and oxygen atoms in total. The highest BCUT2D eigenvalue weighted by molar-refractivity contribution is 7.30. The smallest absolute Gasteiger partial charge is 0.399 e. The van der Waals surface area contributed by atoms with Crippen molar-refractivity contribution < 1.29 is 13.2 Å². The van der Waals surface area contributed by atoms with Gasteiger partial charge < -0.3 is 5.73 Å². The van der Waals surface area contributed by atoms with Crippen molar-refractivity contribution in [2.45, 2.75) is 6.18 Å². The molecule has 4 aromatic rings. The number of anilines is 1. The van der Waals surface area contributed by atoms with Gasteiger partial charge in [0.1, 0.15) is 14.8 Å². The lowest BCUT2D eigenvalue weighted by molar-refractivity contribution is -0.137. The van der Waals surface area contributed by atoms with Crippen LogP contribution in [0.2, 0.25) is 0 Å². The van der Waals surface area contributed by atoms with E-state index in [2.05, 4.69) is 15.2 Å². The largest absolute Gasteiger partial charge is 0.416 e. The average Bonchev–Trinajstić information content (AvgIpc) is 3.19. The minimum Gasteiger partial charge on any atom is -0.399 e. The highest BCUT2D eigenvalue weighted by Gasteiger charge is 2.29. The number of aromatic nitrogens is 1. The molecule has 0 fully saturated rings. The van der Waals surface area contributed by atoms with Crippen LogP contribution in [-0.4, -0.2) is 4.98 Å². The van der Waals surface area contributed by atoms with E-state index in [1.807, 2.05) is 30.3 Å². The Bertz CT molecular complexity index is 1080. The highest BCUT2D eigenvalue weighted by Crippen LogP contribution is 2.39. The zero-order chi connectivity index (χ0) is 19.0. The molecular formula is C18H11F3N4S2. The van der Waals surface area contributed by atoms with E-state index < -0.39 is 11.7 Å². The van der Waals surface area contributed by atoms with Crippen LogP contribution in [0.3, 0.4) is 0 Å². The minimum absolute atomic E-state index is 0.357. The lowest BCUT2D eigenvalue weighted by Crippen LogP contribution is -2.03. The van der Waals surface area contributed by atoms with E-state index in [1.54, 1.807) is 0 Å². The molecule has 0 radical (unpaired) electrons. The fraction of sp³-hybridized carbons (Fsp3) is 0.0556. The maximum absolute atomic E-state index is 12.6. The molecule has 2 aromatic heterocycles. The number of nitrogens with two attached hydrogens (primary N) is 1. The molecule has 0 saturated heterocycles. The van der Waals surface area contributed by atoms with Crippen LogP contribution in [0.1, 0.15) is 5.56 Å². The molecule has 136 valence electrons. The van der Waals surface area contributed by atoms with Crippen molar-refractivity contribution >= 4 is 48.6 Å². The van der Waals surface area contributed by atoms with Gasteiger partial charge in [-0.3, -0.25) is 0 Å². The van der Waals surface area contributed by atoms with Crippen LogP contribution in [0.15, 0.2) is 64.8 Å². The minimum atomic E-state index is -4.36. The van der Waals surface area contributed by atoms with Crippen molar-refractivity contribution in [1.29, 1.82) is 0 Å². The maximum Gasteiger partial charge on any atom is 0.416 e. The molecule has 0 unspecified atom stereocenters. The van der Waals surface area contributed by atoms with Gasteiger partial charge in [0.25, 0.3) is 0 Å². The second-order valence-electron chi connectivity index (χ2n) is 5.64. The Labute approximate surface area is 159 Å². The van der Waals surface area contributed by atoms with Crippen molar-refractivity contribution in [1.82, 2.24) is 4.98 Å². The lowest BCUT2D eigenvalue weighted by atomic mass is 10.2. The summed E-state index contributed by atoms with van der Waals surface area (Å²) in [6.45, 7) is 0. The summed E-state index contributed by atoms with van der Waals surface area (Å²) in [6.07, 6.45) is -4.36. The third-order valence-electron chi connectivity index (χ3n) is 3.69. The molecule has 0 aliphatic rings. The molecule has 0 amide bonds. The fourth-order valence-corrected chi connectivity index (χ4v) is 4.38. The van der Waals surface area contributed by atoms with Crippen LogP contribution in [-0.2, 0) is 6.18 Å². The predicted molar refractivity (Wildman–Crippen MR) is 103 cm³/mol. The standard InChI is InChI=1S/C18H11F3N4S2/c19-18(20,21)11-3-7-13(8-4-11)24-25-15-9-14-17(27-15)23-16(26-14)10-1-5-12(22)6-2-10/h1-9H,22H2/b25-24-. The normalized spacial score (nSPS) is 12.3. The van der Waals surface area contributed by atoms with Crippen LogP contribution >= 0.6 is 22.7 Å². The number of halogens is 3. The number of hydrogen-bond acceptors (Lipinski definition) is 6. The quantitative estimate of drug-likeness (QED) is 0.294. The van der Waals surface area contributed by atoms with Crippen molar-refractivity contribution in [3.8, 4) is 10.6 Å². The number of rotatable bonds is 3. The van der Waals surface area contributed by atoms with Gasteiger partial charge in [0, 0.05) is 11.3 Å². The lowest BCUT2D eigenvalue weighted by Gasteiger charge is -2.05. The molecular weight excluding hydrogens is 393 g/mol. The number of hydrogen-bond donors (Lipinski definition) is 1. The van der Waals surface area contributed by atoms with Crippen LogP contribution < -0.4 is 5.73 Å². The fourth-order valence-electron chi connectivity index (χ4n) is 2.35. The molecule has 0 atom stereocenters. The molecule has 0 aliphatic carbocycles. The first-order valence-corrected chi connectivity index (χ1v) is 9.37. The van der Waals surface area contributed by atoms with Gasteiger partial charge in [0.05, 0.1) is 16.0 Å². The van der Waals surface area contributed by atoms with E-state index in [0.29, 0.717) is 16.4 Å². The number of nitrogens with zero attached hydrogens (tertiary/aromatic N) is 3. The van der Waals surface area contributed by atoms with Crippen molar-refractivity contribution in [3.05, 3.63) is 60.2 Å². The first-order valence-electron chi connectivity index (χ1n) is 7.74. The van der Waals surface area contributed by atoms with Crippen LogP contribution in [0.4, 0.5) is 29.5 Å². The Hall–Kier alpha value is -2.78. The van der Waals surface area contributed by atoms with Crippen LogP contribution in [0, 0.1) is 0 Å². The zero-order valence-corrected chi connectivity index (χ0v) is 15.2. The second-order valence-corrected chi connectivity index (χ2v) is 7.68. The van der Waals surface area contributed by atoms with E-state index in [-0.39, 0.29) is 0 Å². The summed E-state index contributed by atoms with van der Waals surface area (Å²) in [5.74, 6) is 0. The van der Waals surface area contributed by atoms with Gasteiger partial charge in [-0.2, -0.15) is 13.2 Å². The van der Waals surface area contributed by atoms with E-state index in [0.717, 1.165) is 32.2 Å². The van der Waals surface area contributed by atoms with Crippen LogP contribution in [0.5, 0.6) is 0 Å². The van der Waals surface area contributed by atoms with Crippen molar-refractivity contribution in [2.75, 3.05) is 5.73 Å². The first kappa shape index (κ1) is 17.6. The van der Waals surface area contributed by atoms with Gasteiger partial charge in [-0.1, -0.05) is 11.3 Å². The predicted octanol–water partition coefficient (Wildman–Crippen LogP) is 7.04. The number of thiazole rings is 1. The van der Waals surface area contributed by atoms with Gasteiger partial charge in [0.15, 0.2) is 0 Å². The topological polar surface area (TPSA) is 63.6 Å². The van der Waals surface area contributed by atoms with Gasteiger partial charge in [-0.25, -0.2) is 4.98 Å². The molecule has 0 spiro atoms. The molecule has 27 heavy (non-hydrogen) atoms. The van der Waals surface area contributed by atoms with Gasteiger partial charge in [-0.15, -0.1) is 21.6 Å². The van der Waals surface area contributed by atoms with Gasteiger partial charge >= 0.3 is 6.18 Å². The number of fused-ring (bicyclic) bond motifs is 1. The third-order valence-corrected chi connectivity index (χ3v) is 5.79. The Balaban J connectivity index is 1.53. The van der Waals surface area contributed by atoms with E-state index in [1.165, 1.54) is 34.8 Å². The Morgan fingerprint density at radius 3 is 2.22 bits per heavy atom. The summed E-state index contributed by atoms with van der Waals surface area (Å²) >= 11 is 2.91. The molecule has 0 aliphatic heterocycles. The number of thiophene rings is 1. The molecule has 2 aromatic carbocycles. The summed E-state index contributed by atoms with van der Waals surface area (Å²) < 4.78 is 38.7. The molecule has 2 heterocycles. The van der Waals surface area contributed by atoms with E-state index >= 15 is 0 Å². The van der Waals surface area contributed by atoms with Crippen molar-refractivity contribution in [3.63, 3.8) is 0 Å². The van der Waals surface area contributed by atoms with E-state index in [4.69, 9.17) is 5.73 Å². The molecule has 0 bridgehead atoms. The monoisotopic (exact) mass is 404 g/mol. The van der Waals surface area contributed by atoms with E-state index in [9.17, 15) is 13.2 Å². The number of benzene rings is 2. The summed E-state index contributed by atoms with van der Waals surface area (Å²) in [6, 6.07) is 13.9. The summed E-state index contributed by atoms with van der Waals surface area (Å²) in [4.78, 5) is 5.44.